The van der Waals surface area contributed by atoms with Crippen molar-refractivity contribution in [2.75, 3.05) is 36.5 Å². The van der Waals surface area contributed by atoms with Gasteiger partial charge in [0.1, 0.15) is 11.6 Å². The zero-order chi connectivity index (χ0) is 19.2. The lowest BCUT2D eigenvalue weighted by molar-refractivity contribution is -0.112. The molecule has 0 saturated carbocycles. The normalized spacial score (nSPS) is 14.6. The summed E-state index contributed by atoms with van der Waals surface area (Å²) in [5.74, 6) is -0.475. The minimum absolute atomic E-state index is 0.0187. The van der Waals surface area contributed by atoms with Crippen molar-refractivity contribution in [3.63, 3.8) is 0 Å². The van der Waals surface area contributed by atoms with Gasteiger partial charge in [-0.15, -0.1) is 0 Å². The predicted octanol–water partition coefficient (Wildman–Crippen LogP) is 4.48. The maximum absolute atomic E-state index is 12.7. The summed E-state index contributed by atoms with van der Waals surface area (Å²) in [6.45, 7) is 2.71. The number of morpholine rings is 1. The summed E-state index contributed by atoms with van der Waals surface area (Å²) in [6.07, 6.45) is 1.56. The summed E-state index contributed by atoms with van der Waals surface area (Å²) in [6, 6.07) is 14.7. The second-order valence-corrected chi connectivity index (χ2v) is 7.29. The number of carbonyl (C=O) groups is 1. The Kier molecular flexibility index (Phi) is 6.51. The van der Waals surface area contributed by atoms with Crippen molar-refractivity contribution in [2.24, 2.45) is 0 Å². The van der Waals surface area contributed by atoms with E-state index < -0.39 is 5.91 Å². The quantitative estimate of drug-likeness (QED) is 0.555. The maximum Gasteiger partial charge on any atom is 0.266 e. The van der Waals surface area contributed by atoms with E-state index in [0.29, 0.717) is 23.9 Å². The van der Waals surface area contributed by atoms with Gasteiger partial charge in [-0.25, -0.2) is 0 Å². The fourth-order valence-corrected chi connectivity index (χ4v) is 3.19. The van der Waals surface area contributed by atoms with E-state index >= 15 is 0 Å². The van der Waals surface area contributed by atoms with Crippen molar-refractivity contribution in [1.82, 2.24) is 0 Å². The molecule has 2 aromatic rings. The molecule has 2 aromatic carbocycles. The van der Waals surface area contributed by atoms with Gasteiger partial charge in [0, 0.05) is 22.6 Å². The second-order valence-electron chi connectivity index (χ2n) is 5.94. The van der Waals surface area contributed by atoms with Crippen molar-refractivity contribution >= 4 is 50.9 Å². The Hall–Kier alpha value is -2.33. The van der Waals surface area contributed by atoms with Crippen LogP contribution in [0.15, 0.2) is 52.5 Å². The molecule has 0 unspecified atom stereocenters. The number of amides is 1. The number of nitrogens with zero attached hydrogens (tertiary/aromatic N) is 2. The number of halogens is 2. The number of nitriles is 1. The first-order valence-corrected chi connectivity index (χ1v) is 9.55. The van der Waals surface area contributed by atoms with Crippen LogP contribution < -0.4 is 10.2 Å². The van der Waals surface area contributed by atoms with Gasteiger partial charge in [-0.1, -0.05) is 39.7 Å². The first-order valence-electron chi connectivity index (χ1n) is 8.38. The van der Waals surface area contributed by atoms with Crippen LogP contribution in [-0.2, 0) is 9.53 Å². The molecule has 0 spiro atoms. The molecule has 1 amide bonds. The number of benzene rings is 2. The van der Waals surface area contributed by atoms with E-state index in [1.54, 1.807) is 18.2 Å². The fraction of sp³-hybridized carbons (Fsp3) is 0.200. The molecule has 138 valence electrons. The van der Waals surface area contributed by atoms with Gasteiger partial charge in [0.25, 0.3) is 5.91 Å². The molecule has 1 heterocycles. The topological polar surface area (TPSA) is 65.4 Å². The van der Waals surface area contributed by atoms with Crippen LogP contribution in [-0.4, -0.2) is 32.2 Å². The average molecular weight is 447 g/mol. The summed E-state index contributed by atoms with van der Waals surface area (Å²) < 4.78 is 6.31. The lowest BCUT2D eigenvalue weighted by Crippen LogP contribution is -2.36. The van der Waals surface area contributed by atoms with Gasteiger partial charge in [0.2, 0.25) is 0 Å². The Morgan fingerprint density at radius 2 is 1.93 bits per heavy atom. The van der Waals surface area contributed by atoms with Gasteiger partial charge < -0.3 is 15.0 Å². The molecule has 1 saturated heterocycles. The van der Waals surface area contributed by atoms with Gasteiger partial charge in [-0.2, -0.15) is 5.26 Å². The van der Waals surface area contributed by atoms with Crippen molar-refractivity contribution in [3.05, 3.63) is 63.1 Å². The van der Waals surface area contributed by atoms with Gasteiger partial charge in [0.05, 0.1) is 24.6 Å². The van der Waals surface area contributed by atoms with E-state index in [1.165, 1.54) is 0 Å². The molecular weight excluding hydrogens is 430 g/mol. The molecule has 5 nitrogen and oxygen atoms in total. The van der Waals surface area contributed by atoms with Crippen LogP contribution in [0.1, 0.15) is 5.56 Å². The molecule has 0 bridgehead atoms. The highest BCUT2D eigenvalue weighted by atomic mass is 79.9. The number of rotatable bonds is 4. The summed E-state index contributed by atoms with van der Waals surface area (Å²) in [4.78, 5) is 14.8. The Morgan fingerprint density at radius 3 is 2.59 bits per heavy atom. The number of nitrogens with one attached hydrogen (secondary N) is 1. The van der Waals surface area contributed by atoms with E-state index in [2.05, 4.69) is 26.1 Å². The van der Waals surface area contributed by atoms with E-state index in [1.807, 2.05) is 36.4 Å². The molecule has 1 aliphatic heterocycles. The molecule has 1 fully saturated rings. The summed E-state index contributed by atoms with van der Waals surface area (Å²) in [7, 11) is 0. The number of hydrogen-bond donors (Lipinski definition) is 1. The third-order valence-electron chi connectivity index (χ3n) is 4.10. The van der Waals surface area contributed by atoms with Crippen molar-refractivity contribution in [1.29, 1.82) is 5.26 Å². The minimum atomic E-state index is -0.475. The fourth-order valence-electron chi connectivity index (χ4n) is 2.75. The molecule has 0 aromatic heterocycles. The molecule has 7 heteroatoms. The SMILES string of the molecule is N#C/C(=C\c1ccc(Br)cc1)C(=O)Nc1cc(Cl)ccc1N1CCOCC1. The lowest BCUT2D eigenvalue weighted by atomic mass is 10.1. The Balaban J connectivity index is 1.84. The van der Waals surface area contributed by atoms with E-state index in [4.69, 9.17) is 16.3 Å². The first kappa shape index (κ1) is 19.4. The Labute approximate surface area is 171 Å². The third-order valence-corrected chi connectivity index (χ3v) is 4.87. The molecular formula is C20H17BrClN3O2. The second kappa shape index (κ2) is 9.05. The molecule has 27 heavy (non-hydrogen) atoms. The minimum Gasteiger partial charge on any atom is -0.378 e. The average Bonchev–Trinajstić information content (AvgIpc) is 2.68. The predicted molar refractivity (Wildman–Crippen MR) is 111 cm³/mol. The van der Waals surface area contributed by atoms with Gasteiger partial charge in [-0.3, -0.25) is 4.79 Å². The van der Waals surface area contributed by atoms with Crippen LogP contribution in [0.25, 0.3) is 6.08 Å². The van der Waals surface area contributed by atoms with Crippen molar-refractivity contribution in [3.8, 4) is 6.07 Å². The molecule has 0 atom stereocenters. The summed E-state index contributed by atoms with van der Waals surface area (Å²) in [5, 5.41) is 12.8. The standard InChI is InChI=1S/C20H17BrClN3O2/c21-16-3-1-14(2-4-16)11-15(13-23)20(26)24-18-12-17(22)5-6-19(18)25-7-9-27-10-8-25/h1-6,11-12H,7-10H2,(H,24,26)/b15-11+. The lowest BCUT2D eigenvalue weighted by Gasteiger charge is -2.30. The zero-order valence-electron chi connectivity index (χ0n) is 14.4. The monoisotopic (exact) mass is 445 g/mol. The van der Waals surface area contributed by atoms with E-state index in [-0.39, 0.29) is 5.57 Å². The molecule has 0 aliphatic carbocycles. The largest absolute Gasteiger partial charge is 0.378 e. The summed E-state index contributed by atoms with van der Waals surface area (Å²) in [5.41, 5.74) is 2.22. The molecule has 3 rings (SSSR count). The molecule has 0 radical (unpaired) electrons. The van der Waals surface area contributed by atoms with Crippen LogP contribution >= 0.6 is 27.5 Å². The smallest absolute Gasteiger partial charge is 0.266 e. The Morgan fingerprint density at radius 1 is 1.22 bits per heavy atom. The van der Waals surface area contributed by atoms with Crippen LogP contribution in [0.4, 0.5) is 11.4 Å². The van der Waals surface area contributed by atoms with Crippen molar-refractivity contribution in [2.45, 2.75) is 0 Å². The Bertz CT molecular complexity index is 900. The van der Waals surface area contributed by atoms with Crippen LogP contribution in [0, 0.1) is 11.3 Å². The number of ether oxygens (including phenoxy) is 1. The van der Waals surface area contributed by atoms with Crippen LogP contribution in [0.3, 0.4) is 0 Å². The van der Waals surface area contributed by atoms with Crippen LogP contribution in [0.5, 0.6) is 0 Å². The van der Waals surface area contributed by atoms with Gasteiger partial charge >= 0.3 is 0 Å². The summed E-state index contributed by atoms with van der Waals surface area (Å²) >= 11 is 9.48. The molecule has 1 N–H and O–H groups in total. The highest BCUT2D eigenvalue weighted by Crippen LogP contribution is 2.30. The maximum atomic E-state index is 12.7. The molecule has 1 aliphatic rings. The number of carbonyl (C=O) groups excluding carboxylic acids is 1. The highest BCUT2D eigenvalue weighted by molar-refractivity contribution is 9.10. The number of anilines is 2. The number of hydrogen-bond acceptors (Lipinski definition) is 4. The van der Waals surface area contributed by atoms with E-state index in [0.717, 1.165) is 28.8 Å². The highest BCUT2D eigenvalue weighted by Gasteiger charge is 2.18. The van der Waals surface area contributed by atoms with Gasteiger partial charge in [0.15, 0.2) is 0 Å². The third kappa shape index (κ3) is 5.10. The van der Waals surface area contributed by atoms with Crippen molar-refractivity contribution < 1.29 is 9.53 Å². The van der Waals surface area contributed by atoms with E-state index in [9.17, 15) is 10.1 Å². The van der Waals surface area contributed by atoms with Gasteiger partial charge in [-0.05, 0) is 42.0 Å². The first-order chi connectivity index (χ1) is 13.1. The van der Waals surface area contributed by atoms with Crippen LogP contribution in [0.2, 0.25) is 5.02 Å². The zero-order valence-corrected chi connectivity index (χ0v) is 16.8.